The topological polar surface area (TPSA) is 6.48 Å². The number of hydrogen-bond donors (Lipinski definition) is 0. The van der Waals surface area contributed by atoms with Crippen molar-refractivity contribution >= 4 is 23.7 Å². The first-order valence-corrected chi connectivity index (χ1v) is 4.18. The molecule has 1 fully saturated rings. The Morgan fingerprint density at radius 3 is 1.44 bits per heavy atom. The molecule has 0 N–H and O–H groups in total. The molecule has 1 heterocycles. The summed E-state index contributed by atoms with van der Waals surface area (Å²) in [6, 6.07) is 0. The van der Waals surface area contributed by atoms with Crippen LogP contribution in [0.15, 0.2) is 0 Å². The van der Waals surface area contributed by atoms with E-state index >= 15 is 0 Å². The van der Waals surface area contributed by atoms with Gasteiger partial charge in [-0.15, -0.1) is 0 Å². The van der Waals surface area contributed by atoms with Crippen molar-refractivity contribution in [2.75, 3.05) is 14.1 Å². The van der Waals surface area contributed by atoms with Crippen LogP contribution in [0.1, 0.15) is 0 Å². The van der Waals surface area contributed by atoms with Crippen LogP contribution in [0.5, 0.6) is 0 Å². The highest BCUT2D eigenvalue weighted by Gasteiger charge is 2.34. The van der Waals surface area contributed by atoms with Gasteiger partial charge in [-0.05, 0) is 14.1 Å². The highest BCUT2D eigenvalue weighted by atomic mass is 32.2. The van der Waals surface area contributed by atoms with Crippen LogP contribution in [0.2, 0.25) is 13.6 Å². The zero-order valence-electron chi connectivity index (χ0n) is 6.46. The molecule has 0 unspecified atom stereocenters. The summed E-state index contributed by atoms with van der Waals surface area (Å²) >= 11 is 1.99. The normalized spacial score (nSPS) is 24.0. The van der Waals surface area contributed by atoms with Gasteiger partial charge < -0.3 is 0 Å². The van der Waals surface area contributed by atoms with E-state index in [0.717, 1.165) is 0 Å². The first-order chi connectivity index (χ1) is 4.13. The van der Waals surface area contributed by atoms with Crippen molar-refractivity contribution in [1.29, 1.82) is 0 Å². The molecule has 0 aromatic heterocycles. The van der Waals surface area contributed by atoms with Gasteiger partial charge in [0, 0.05) is 0 Å². The second-order valence-corrected chi connectivity index (χ2v) is 4.12. The molecule has 0 atom stereocenters. The molecule has 0 bridgehead atoms. The number of hydrogen-bond acceptors (Lipinski definition) is 3. The molecular formula is C4H12B2N2S. The molecule has 0 saturated carbocycles. The second-order valence-electron chi connectivity index (χ2n) is 2.48. The van der Waals surface area contributed by atoms with Crippen molar-refractivity contribution in [3.63, 3.8) is 0 Å². The summed E-state index contributed by atoms with van der Waals surface area (Å²) < 4.78 is 0. The average molecular weight is 142 g/mol. The number of rotatable bonds is 0. The van der Waals surface area contributed by atoms with E-state index in [9.17, 15) is 0 Å². The maximum atomic E-state index is 2.26. The van der Waals surface area contributed by atoms with Gasteiger partial charge >= 0.3 is 0 Å². The number of nitrogens with zero attached hydrogens (tertiary/aromatic N) is 2. The van der Waals surface area contributed by atoms with Gasteiger partial charge in [0.2, 0.25) is 0 Å². The minimum atomic E-state index is 0.644. The molecule has 0 aromatic rings. The summed E-state index contributed by atoms with van der Waals surface area (Å²) in [5.41, 5.74) is 0. The lowest BCUT2D eigenvalue weighted by molar-refractivity contribution is 0.245. The summed E-state index contributed by atoms with van der Waals surface area (Å²) in [4.78, 5) is 4.52. The van der Waals surface area contributed by atoms with E-state index in [1.54, 1.807) is 0 Å². The van der Waals surface area contributed by atoms with Crippen LogP contribution in [-0.2, 0) is 0 Å². The van der Waals surface area contributed by atoms with E-state index in [-0.39, 0.29) is 0 Å². The van der Waals surface area contributed by atoms with Gasteiger partial charge in [0.05, 0.1) is 0 Å². The molecule has 50 valence electrons. The van der Waals surface area contributed by atoms with Crippen molar-refractivity contribution in [3.8, 4) is 0 Å². The fourth-order valence-corrected chi connectivity index (χ4v) is 2.19. The Balaban J connectivity index is 2.54. The van der Waals surface area contributed by atoms with Crippen molar-refractivity contribution in [1.82, 2.24) is 9.84 Å². The monoisotopic (exact) mass is 142 g/mol. The third-order valence-electron chi connectivity index (χ3n) is 1.94. The van der Waals surface area contributed by atoms with Gasteiger partial charge in [-0.1, -0.05) is 13.6 Å². The molecule has 2 nitrogen and oxygen atoms in total. The van der Waals surface area contributed by atoms with Crippen LogP contribution in [0.25, 0.3) is 0 Å². The standard InChI is InChI=1S/C4H12B2N2S/c1-5-7(3)8(4)6(2)9-5/h1-4H3. The molecule has 0 aliphatic carbocycles. The Morgan fingerprint density at radius 1 is 1.00 bits per heavy atom. The van der Waals surface area contributed by atoms with Gasteiger partial charge in [0.25, 0.3) is 12.3 Å². The van der Waals surface area contributed by atoms with Crippen LogP contribution in [0.4, 0.5) is 0 Å². The first kappa shape index (κ1) is 7.51. The van der Waals surface area contributed by atoms with E-state index in [4.69, 9.17) is 0 Å². The third kappa shape index (κ3) is 1.28. The maximum absolute atomic E-state index is 2.26. The van der Waals surface area contributed by atoms with Crippen LogP contribution in [0, 0.1) is 0 Å². The molecule has 1 rings (SSSR count). The Kier molecular flexibility index (Phi) is 2.14. The molecule has 0 amide bonds. The highest BCUT2D eigenvalue weighted by Crippen LogP contribution is 2.24. The zero-order chi connectivity index (χ0) is 7.02. The van der Waals surface area contributed by atoms with Crippen LogP contribution in [-0.4, -0.2) is 36.2 Å². The van der Waals surface area contributed by atoms with Crippen molar-refractivity contribution in [2.45, 2.75) is 13.6 Å². The van der Waals surface area contributed by atoms with E-state index in [1.165, 1.54) is 0 Å². The third-order valence-corrected chi connectivity index (χ3v) is 3.34. The molecule has 1 aliphatic heterocycles. The number of hydrazine groups is 1. The Bertz CT molecular complexity index is 101. The van der Waals surface area contributed by atoms with Gasteiger partial charge in [-0.3, -0.25) is 9.84 Å². The van der Waals surface area contributed by atoms with Crippen LogP contribution >= 0.6 is 11.5 Å². The van der Waals surface area contributed by atoms with Crippen LogP contribution < -0.4 is 0 Å². The molecule has 9 heavy (non-hydrogen) atoms. The average Bonchev–Trinajstić information content (AvgIpc) is 1.98. The fourth-order valence-electron chi connectivity index (χ4n) is 0.974. The smallest absolute Gasteiger partial charge is 0.282 e. The maximum Gasteiger partial charge on any atom is 0.292 e. The van der Waals surface area contributed by atoms with E-state index < -0.39 is 0 Å². The summed E-state index contributed by atoms with van der Waals surface area (Å²) in [5, 5.41) is 0. The van der Waals surface area contributed by atoms with Crippen molar-refractivity contribution in [2.24, 2.45) is 0 Å². The molecule has 1 saturated heterocycles. The fraction of sp³-hybridized carbons (Fsp3) is 1.00. The minimum absolute atomic E-state index is 0.644. The second kappa shape index (κ2) is 2.56. The van der Waals surface area contributed by atoms with E-state index in [0.29, 0.717) is 12.3 Å². The molecule has 0 aromatic carbocycles. The summed E-state index contributed by atoms with van der Waals surface area (Å²) in [6.45, 7) is 4.45. The predicted octanol–water partition coefficient (Wildman–Crippen LogP) is 0.748. The van der Waals surface area contributed by atoms with Gasteiger partial charge in [0.1, 0.15) is 0 Å². The van der Waals surface area contributed by atoms with E-state index in [2.05, 4.69) is 37.6 Å². The summed E-state index contributed by atoms with van der Waals surface area (Å²) in [7, 11) is 4.25. The molecular weight excluding hydrogens is 130 g/mol. The van der Waals surface area contributed by atoms with Crippen LogP contribution in [0.3, 0.4) is 0 Å². The Morgan fingerprint density at radius 2 is 1.33 bits per heavy atom. The molecule has 0 radical (unpaired) electrons. The lowest BCUT2D eigenvalue weighted by Gasteiger charge is -2.22. The Labute approximate surface area is 61.9 Å². The van der Waals surface area contributed by atoms with Crippen molar-refractivity contribution < 1.29 is 0 Å². The summed E-state index contributed by atoms with van der Waals surface area (Å²) in [6.07, 6.45) is 1.29. The predicted molar refractivity (Wildman–Crippen MR) is 46.4 cm³/mol. The van der Waals surface area contributed by atoms with E-state index in [1.807, 2.05) is 11.5 Å². The van der Waals surface area contributed by atoms with Gasteiger partial charge in [-0.2, -0.15) is 0 Å². The highest BCUT2D eigenvalue weighted by molar-refractivity contribution is 8.45. The zero-order valence-corrected chi connectivity index (χ0v) is 7.27. The first-order valence-electron chi connectivity index (χ1n) is 3.24. The molecule has 5 heteroatoms. The van der Waals surface area contributed by atoms with Gasteiger partial charge in [-0.25, -0.2) is 11.5 Å². The molecule has 0 spiro atoms. The quantitative estimate of drug-likeness (QED) is 0.460. The lowest BCUT2D eigenvalue weighted by atomic mass is 9.94. The minimum Gasteiger partial charge on any atom is -0.282 e. The van der Waals surface area contributed by atoms with Crippen molar-refractivity contribution in [3.05, 3.63) is 0 Å². The Hall–Kier alpha value is 0.400. The van der Waals surface area contributed by atoms with Gasteiger partial charge in [0.15, 0.2) is 0 Å². The molecule has 1 aliphatic rings. The largest absolute Gasteiger partial charge is 0.292 e. The summed E-state index contributed by atoms with van der Waals surface area (Å²) in [5.74, 6) is 0. The SMILES string of the molecule is CB1SB(C)N(C)N1C. The lowest BCUT2D eigenvalue weighted by Crippen LogP contribution is -2.39.